The number of carbonyl (C=O) groups is 2. The van der Waals surface area contributed by atoms with Crippen molar-refractivity contribution in [3.63, 3.8) is 0 Å². The molecule has 1 aromatic heterocycles. The van der Waals surface area contributed by atoms with Gasteiger partial charge in [0, 0.05) is 19.0 Å². The molecule has 28 heavy (non-hydrogen) atoms. The van der Waals surface area contributed by atoms with Crippen molar-refractivity contribution in [2.75, 3.05) is 19.6 Å². The number of hydrogen-bond acceptors (Lipinski definition) is 3. The Kier molecular flexibility index (Phi) is 5.71. The van der Waals surface area contributed by atoms with Gasteiger partial charge in [-0.2, -0.15) is 18.3 Å². The number of benzene rings is 1. The molecule has 1 aliphatic heterocycles. The number of carbonyl (C=O) groups excluding carboxylic acids is 2. The second-order valence-corrected chi connectivity index (χ2v) is 6.79. The number of piperidine rings is 1. The number of rotatable bonds is 4. The summed E-state index contributed by atoms with van der Waals surface area (Å²) in [5, 5.41) is 6.21. The molecule has 0 spiro atoms. The molecule has 1 fully saturated rings. The second-order valence-electron chi connectivity index (χ2n) is 6.79. The van der Waals surface area contributed by atoms with Crippen molar-refractivity contribution in [2.24, 2.45) is 5.92 Å². The predicted molar refractivity (Wildman–Crippen MR) is 96.0 cm³/mol. The summed E-state index contributed by atoms with van der Waals surface area (Å²) < 4.78 is 38.4. The van der Waals surface area contributed by atoms with Gasteiger partial charge in [-0.25, -0.2) is 4.68 Å². The molecule has 150 valence electrons. The summed E-state index contributed by atoms with van der Waals surface area (Å²) in [7, 11) is 0. The first-order valence-electron chi connectivity index (χ1n) is 9.00. The van der Waals surface area contributed by atoms with Crippen LogP contribution in [0, 0.1) is 12.8 Å². The normalized spacial score (nSPS) is 15.5. The first-order chi connectivity index (χ1) is 13.3. The lowest BCUT2D eigenvalue weighted by molar-refractivity contribution is -0.141. The fourth-order valence-corrected chi connectivity index (χ4v) is 3.30. The lowest BCUT2D eigenvalue weighted by Crippen LogP contribution is -2.44. The lowest BCUT2D eigenvalue weighted by Gasteiger charge is -2.31. The fourth-order valence-electron chi connectivity index (χ4n) is 3.30. The molecule has 0 saturated carbocycles. The number of alkyl halides is 3. The van der Waals surface area contributed by atoms with Crippen molar-refractivity contribution in [2.45, 2.75) is 25.9 Å². The number of para-hydroxylation sites is 1. The Balaban J connectivity index is 1.60. The molecule has 2 heterocycles. The highest BCUT2D eigenvalue weighted by Crippen LogP contribution is 2.22. The number of nitrogens with one attached hydrogen (secondary N) is 1. The van der Waals surface area contributed by atoms with Gasteiger partial charge in [0.25, 0.3) is 5.91 Å². The molecule has 0 aliphatic carbocycles. The van der Waals surface area contributed by atoms with Crippen molar-refractivity contribution >= 4 is 11.8 Å². The summed E-state index contributed by atoms with van der Waals surface area (Å²) in [6, 6.07) is 9.43. The van der Waals surface area contributed by atoms with E-state index in [1.807, 2.05) is 42.6 Å². The Bertz CT molecular complexity index is 841. The van der Waals surface area contributed by atoms with Gasteiger partial charge in [0.05, 0.1) is 23.1 Å². The number of amides is 2. The van der Waals surface area contributed by atoms with E-state index in [1.165, 1.54) is 6.20 Å². The molecule has 1 aromatic carbocycles. The molecule has 2 aromatic rings. The Morgan fingerprint density at radius 2 is 1.82 bits per heavy atom. The third-order valence-electron chi connectivity index (χ3n) is 4.86. The molecule has 3 rings (SSSR count). The molecular weight excluding hydrogens is 373 g/mol. The summed E-state index contributed by atoms with van der Waals surface area (Å²) in [6.07, 6.45) is -2.24. The second kappa shape index (κ2) is 8.04. The largest absolute Gasteiger partial charge is 0.405 e. The van der Waals surface area contributed by atoms with Gasteiger partial charge in [0.1, 0.15) is 6.54 Å². The average molecular weight is 394 g/mol. The van der Waals surface area contributed by atoms with Crippen molar-refractivity contribution in [3.8, 4) is 5.69 Å². The van der Waals surface area contributed by atoms with E-state index in [0.29, 0.717) is 37.2 Å². The molecular formula is C19H21F3N4O2. The zero-order chi connectivity index (χ0) is 20.3. The van der Waals surface area contributed by atoms with Gasteiger partial charge in [-0.15, -0.1) is 0 Å². The van der Waals surface area contributed by atoms with E-state index in [-0.39, 0.29) is 5.91 Å². The smallest absolute Gasteiger partial charge is 0.347 e. The number of hydrogen-bond donors (Lipinski definition) is 1. The lowest BCUT2D eigenvalue weighted by atomic mass is 9.95. The minimum absolute atomic E-state index is 0.186. The highest BCUT2D eigenvalue weighted by atomic mass is 19.4. The van der Waals surface area contributed by atoms with Crippen molar-refractivity contribution in [1.82, 2.24) is 20.0 Å². The van der Waals surface area contributed by atoms with E-state index in [2.05, 4.69) is 5.10 Å². The molecule has 0 unspecified atom stereocenters. The first-order valence-corrected chi connectivity index (χ1v) is 9.00. The molecule has 6 nitrogen and oxygen atoms in total. The van der Waals surface area contributed by atoms with Crippen LogP contribution in [0.25, 0.3) is 5.69 Å². The minimum atomic E-state index is -4.43. The number of nitrogens with zero attached hydrogens (tertiary/aromatic N) is 3. The number of aromatic nitrogens is 2. The summed E-state index contributed by atoms with van der Waals surface area (Å²) in [5.74, 6) is -1.31. The third-order valence-corrected chi connectivity index (χ3v) is 4.86. The number of likely N-dealkylation sites (tertiary alicyclic amines) is 1. The van der Waals surface area contributed by atoms with Crippen LogP contribution in [0.4, 0.5) is 13.2 Å². The van der Waals surface area contributed by atoms with Crippen LogP contribution in [0.2, 0.25) is 0 Å². The van der Waals surface area contributed by atoms with Gasteiger partial charge in [0.15, 0.2) is 0 Å². The van der Waals surface area contributed by atoms with Crippen LogP contribution in [0.15, 0.2) is 36.5 Å². The van der Waals surface area contributed by atoms with E-state index in [9.17, 15) is 22.8 Å². The highest BCUT2D eigenvalue weighted by Gasteiger charge is 2.32. The maximum absolute atomic E-state index is 12.8. The molecule has 1 saturated heterocycles. The summed E-state index contributed by atoms with van der Waals surface area (Å²) in [4.78, 5) is 26.3. The zero-order valence-electron chi connectivity index (χ0n) is 15.4. The van der Waals surface area contributed by atoms with Gasteiger partial charge in [-0.05, 0) is 31.9 Å². The van der Waals surface area contributed by atoms with Crippen LogP contribution in [-0.4, -0.2) is 52.3 Å². The summed E-state index contributed by atoms with van der Waals surface area (Å²) in [5.41, 5.74) is 2.03. The molecule has 0 atom stereocenters. The fraction of sp³-hybridized carbons (Fsp3) is 0.421. The van der Waals surface area contributed by atoms with Gasteiger partial charge in [0.2, 0.25) is 5.91 Å². The molecule has 0 bridgehead atoms. The van der Waals surface area contributed by atoms with Crippen molar-refractivity contribution < 1.29 is 22.8 Å². The zero-order valence-corrected chi connectivity index (χ0v) is 15.4. The maximum atomic E-state index is 12.8. The van der Waals surface area contributed by atoms with Crippen LogP contribution in [-0.2, 0) is 4.79 Å². The van der Waals surface area contributed by atoms with E-state index in [1.54, 1.807) is 9.58 Å². The monoisotopic (exact) mass is 394 g/mol. The molecule has 9 heteroatoms. The standard InChI is InChI=1S/C19H21F3N4O2/c1-13-16(11-24-26(13)15-5-3-2-4-6-15)18(28)25-9-7-14(8-10-25)17(27)23-12-19(20,21)22/h2-6,11,14H,7-10,12H2,1H3,(H,23,27). The average Bonchev–Trinajstić information content (AvgIpc) is 3.07. The molecule has 0 radical (unpaired) electrons. The third kappa shape index (κ3) is 4.52. The van der Waals surface area contributed by atoms with Gasteiger partial charge < -0.3 is 10.2 Å². The van der Waals surface area contributed by atoms with Gasteiger partial charge in [-0.1, -0.05) is 18.2 Å². The van der Waals surface area contributed by atoms with Crippen LogP contribution in [0.1, 0.15) is 28.9 Å². The van der Waals surface area contributed by atoms with Gasteiger partial charge >= 0.3 is 6.18 Å². The van der Waals surface area contributed by atoms with Crippen molar-refractivity contribution in [1.29, 1.82) is 0 Å². The Labute approximate surface area is 160 Å². The van der Waals surface area contributed by atoms with Gasteiger partial charge in [-0.3, -0.25) is 9.59 Å². The molecule has 1 N–H and O–H groups in total. The molecule has 1 aliphatic rings. The Morgan fingerprint density at radius 3 is 2.43 bits per heavy atom. The van der Waals surface area contributed by atoms with Crippen molar-refractivity contribution in [3.05, 3.63) is 47.8 Å². The SMILES string of the molecule is Cc1c(C(=O)N2CCC(C(=O)NCC(F)(F)F)CC2)cnn1-c1ccccc1. The van der Waals surface area contributed by atoms with E-state index >= 15 is 0 Å². The molecule has 2 amide bonds. The van der Waals surface area contributed by atoms with E-state index in [4.69, 9.17) is 0 Å². The summed E-state index contributed by atoms with van der Waals surface area (Å²) in [6.45, 7) is 1.12. The topological polar surface area (TPSA) is 67.2 Å². The quantitative estimate of drug-likeness (QED) is 0.867. The van der Waals surface area contributed by atoms with E-state index < -0.39 is 24.5 Å². The van der Waals surface area contributed by atoms with Crippen LogP contribution in [0.5, 0.6) is 0 Å². The van der Waals surface area contributed by atoms with Crippen LogP contribution in [0.3, 0.4) is 0 Å². The number of halogens is 3. The maximum Gasteiger partial charge on any atom is 0.405 e. The predicted octanol–water partition coefficient (Wildman–Crippen LogP) is 2.71. The van der Waals surface area contributed by atoms with Crippen LogP contribution >= 0.6 is 0 Å². The van der Waals surface area contributed by atoms with Crippen LogP contribution < -0.4 is 5.32 Å². The Morgan fingerprint density at radius 1 is 1.18 bits per heavy atom. The van der Waals surface area contributed by atoms with E-state index in [0.717, 1.165) is 5.69 Å². The minimum Gasteiger partial charge on any atom is -0.347 e. The summed E-state index contributed by atoms with van der Waals surface area (Å²) >= 11 is 0. The highest BCUT2D eigenvalue weighted by molar-refractivity contribution is 5.95. The Hall–Kier alpha value is -2.84. The first kappa shape index (κ1) is 19.9.